The van der Waals surface area contributed by atoms with Crippen LogP contribution >= 0.6 is 0 Å². The molecule has 1 amide bonds. The van der Waals surface area contributed by atoms with Gasteiger partial charge in [0.25, 0.3) is 0 Å². The van der Waals surface area contributed by atoms with E-state index in [4.69, 9.17) is 0 Å². The van der Waals surface area contributed by atoms with Gasteiger partial charge < -0.3 is 25.0 Å². The smallest absolute Gasteiger partial charge is 0.341 e. The van der Waals surface area contributed by atoms with Gasteiger partial charge in [0.2, 0.25) is 11.3 Å². The Morgan fingerprint density at radius 3 is 2.59 bits per heavy atom. The zero-order chi connectivity index (χ0) is 19.6. The molecule has 9 heteroatoms. The van der Waals surface area contributed by atoms with Crippen LogP contribution in [0, 0.1) is 5.82 Å². The fraction of sp³-hybridized carbons (Fsp3) is 0.389. The predicted molar refractivity (Wildman–Crippen MR) is 95.9 cm³/mol. The average Bonchev–Trinajstić information content (AvgIpc) is 3.39. The number of hydrogen-bond donors (Lipinski definition) is 3. The number of amides is 1. The second-order valence-electron chi connectivity index (χ2n) is 7.08. The summed E-state index contributed by atoms with van der Waals surface area (Å²) in [4.78, 5) is 37.7. The van der Waals surface area contributed by atoms with Crippen LogP contribution < -0.4 is 15.6 Å². The number of aromatic carboxylic acids is 1. The van der Waals surface area contributed by atoms with Crippen LogP contribution in [0.3, 0.4) is 0 Å². The standard InChI is InChI=1S/C18H18FN3O5/c1-7(23)13-17(25)20-11-5-9-14(12(19)15(11)21(13)2)22(8-3-4-8)6-10(16(9)24)18(26)27/h5-8,13,23H,3-4H2,1-2H3,(H,20,25)(H,26,27). The number of nitrogens with zero attached hydrogens (tertiary/aromatic N) is 2. The molecule has 1 fully saturated rings. The van der Waals surface area contributed by atoms with E-state index in [0.717, 1.165) is 12.8 Å². The normalized spacial score (nSPS) is 20.4. The molecule has 1 aliphatic carbocycles. The number of aliphatic hydroxyl groups is 1. The van der Waals surface area contributed by atoms with Crippen molar-refractivity contribution in [3.63, 3.8) is 0 Å². The van der Waals surface area contributed by atoms with Gasteiger partial charge in [0.05, 0.1) is 28.4 Å². The molecule has 0 saturated heterocycles. The molecule has 2 aromatic rings. The Hall–Kier alpha value is -2.94. The second kappa shape index (κ2) is 5.78. The molecule has 4 rings (SSSR count). The summed E-state index contributed by atoms with van der Waals surface area (Å²) in [5.41, 5.74) is -1.09. The first-order valence-corrected chi connectivity index (χ1v) is 8.58. The van der Waals surface area contributed by atoms with Crippen LogP contribution in [0.15, 0.2) is 17.1 Å². The van der Waals surface area contributed by atoms with Crippen LogP contribution in [0.2, 0.25) is 0 Å². The molecular weight excluding hydrogens is 357 g/mol. The molecule has 1 aliphatic heterocycles. The van der Waals surface area contributed by atoms with Crippen molar-refractivity contribution in [3.8, 4) is 0 Å². The van der Waals surface area contributed by atoms with Gasteiger partial charge in [-0.15, -0.1) is 0 Å². The summed E-state index contributed by atoms with van der Waals surface area (Å²) in [5, 5.41) is 21.6. The van der Waals surface area contributed by atoms with Gasteiger partial charge in [-0.2, -0.15) is 0 Å². The summed E-state index contributed by atoms with van der Waals surface area (Å²) in [6.07, 6.45) is 1.67. The third-order valence-corrected chi connectivity index (χ3v) is 5.15. The monoisotopic (exact) mass is 375 g/mol. The molecule has 27 heavy (non-hydrogen) atoms. The Bertz CT molecular complexity index is 1060. The molecule has 1 aromatic carbocycles. The maximum Gasteiger partial charge on any atom is 0.341 e. The first kappa shape index (κ1) is 17.5. The van der Waals surface area contributed by atoms with E-state index in [1.807, 2.05) is 0 Å². The number of likely N-dealkylation sites (N-methyl/N-ethyl adjacent to an activating group) is 1. The van der Waals surface area contributed by atoms with E-state index in [9.17, 15) is 24.6 Å². The molecule has 8 nitrogen and oxygen atoms in total. The van der Waals surface area contributed by atoms with Gasteiger partial charge in [-0.25, -0.2) is 9.18 Å². The number of carbonyl (C=O) groups excluding carboxylic acids is 1. The number of benzene rings is 1. The number of nitrogens with one attached hydrogen (secondary N) is 1. The first-order valence-electron chi connectivity index (χ1n) is 8.58. The topological polar surface area (TPSA) is 112 Å². The number of aliphatic hydroxyl groups excluding tert-OH is 1. The minimum atomic E-state index is -1.38. The molecule has 0 spiro atoms. The number of carbonyl (C=O) groups is 2. The highest BCUT2D eigenvalue weighted by Crippen LogP contribution is 2.42. The maximum absolute atomic E-state index is 15.5. The van der Waals surface area contributed by atoms with Crippen LogP contribution in [0.4, 0.5) is 15.8 Å². The summed E-state index contributed by atoms with van der Waals surface area (Å²) in [7, 11) is 1.50. The Balaban J connectivity index is 2.07. The molecule has 2 atom stereocenters. The van der Waals surface area contributed by atoms with Gasteiger partial charge in [-0.1, -0.05) is 0 Å². The lowest BCUT2D eigenvalue weighted by atomic mass is 10.0. The Morgan fingerprint density at radius 2 is 2.04 bits per heavy atom. The quantitative estimate of drug-likeness (QED) is 0.746. The Kier molecular flexibility index (Phi) is 3.74. The highest BCUT2D eigenvalue weighted by atomic mass is 19.1. The second-order valence-corrected chi connectivity index (χ2v) is 7.08. The van der Waals surface area contributed by atoms with Crippen molar-refractivity contribution in [3.05, 3.63) is 33.9 Å². The van der Waals surface area contributed by atoms with E-state index < -0.39 is 40.8 Å². The number of hydrogen-bond acceptors (Lipinski definition) is 5. The van der Waals surface area contributed by atoms with Crippen molar-refractivity contribution >= 4 is 34.2 Å². The molecule has 0 radical (unpaired) electrons. The van der Waals surface area contributed by atoms with Gasteiger partial charge >= 0.3 is 5.97 Å². The van der Waals surface area contributed by atoms with Crippen molar-refractivity contribution in [1.82, 2.24) is 4.57 Å². The van der Waals surface area contributed by atoms with E-state index in [1.165, 1.54) is 35.7 Å². The van der Waals surface area contributed by atoms with E-state index in [0.29, 0.717) is 0 Å². The predicted octanol–water partition coefficient (Wildman–Crippen LogP) is 1.31. The van der Waals surface area contributed by atoms with Gasteiger partial charge in [-0.3, -0.25) is 9.59 Å². The van der Waals surface area contributed by atoms with Gasteiger partial charge in [0.1, 0.15) is 11.6 Å². The molecule has 2 heterocycles. The Morgan fingerprint density at radius 1 is 1.37 bits per heavy atom. The molecule has 2 aliphatic rings. The molecule has 142 valence electrons. The third kappa shape index (κ3) is 2.49. The van der Waals surface area contributed by atoms with Crippen LogP contribution in [0.5, 0.6) is 0 Å². The number of rotatable bonds is 3. The highest BCUT2D eigenvalue weighted by Gasteiger charge is 2.38. The molecule has 1 aromatic heterocycles. The Labute approximate surface area is 152 Å². The summed E-state index contributed by atoms with van der Waals surface area (Å²) < 4.78 is 17.0. The van der Waals surface area contributed by atoms with E-state index in [1.54, 1.807) is 0 Å². The summed E-state index contributed by atoms with van der Waals surface area (Å²) in [6, 6.07) is 0.257. The lowest BCUT2D eigenvalue weighted by Gasteiger charge is -2.37. The summed E-state index contributed by atoms with van der Waals surface area (Å²) in [6.45, 7) is 1.43. The highest BCUT2D eigenvalue weighted by molar-refractivity contribution is 6.07. The largest absolute Gasteiger partial charge is 0.477 e. The number of fused-ring (bicyclic) bond motifs is 2. The molecule has 0 bridgehead atoms. The van der Waals surface area contributed by atoms with Crippen LogP contribution in [-0.4, -0.2) is 45.9 Å². The number of aromatic nitrogens is 1. The number of carboxylic acids is 1. The fourth-order valence-electron chi connectivity index (χ4n) is 3.76. The number of pyridine rings is 1. The minimum absolute atomic E-state index is 0.0126. The zero-order valence-corrected chi connectivity index (χ0v) is 14.7. The van der Waals surface area contributed by atoms with Crippen LogP contribution in [0.25, 0.3) is 10.9 Å². The molecule has 1 saturated carbocycles. The fourth-order valence-corrected chi connectivity index (χ4v) is 3.76. The minimum Gasteiger partial charge on any atom is -0.477 e. The van der Waals surface area contributed by atoms with Gasteiger partial charge in [0.15, 0.2) is 5.82 Å². The number of anilines is 2. The SMILES string of the molecule is CC(O)C1C(=O)Nc2cc3c(=O)c(C(=O)O)cn(C4CC4)c3c(F)c2N1C. The van der Waals surface area contributed by atoms with E-state index >= 15 is 4.39 Å². The van der Waals surface area contributed by atoms with Crippen molar-refractivity contribution in [1.29, 1.82) is 0 Å². The molecule has 3 N–H and O–H groups in total. The van der Waals surface area contributed by atoms with E-state index in [2.05, 4.69) is 5.32 Å². The number of carboxylic acid groups (broad SMARTS) is 1. The van der Waals surface area contributed by atoms with Crippen molar-refractivity contribution in [2.24, 2.45) is 0 Å². The average molecular weight is 375 g/mol. The van der Waals surface area contributed by atoms with Crippen LogP contribution in [-0.2, 0) is 4.79 Å². The third-order valence-electron chi connectivity index (χ3n) is 5.15. The van der Waals surface area contributed by atoms with Crippen LogP contribution in [0.1, 0.15) is 36.2 Å². The lowest BCUT2D eigenvalue weighted by Crippen LogP contribution is -2.52. The molecular formula is C18H18FN3O5. The van der Waals surface area contributed by atoms with Crippen molar-refractivity contribution in [2.45, 2.75) is 38.0 Å². The first-order chi connectivity index (χ1) is 12.7. The van der Waals surface area contributed by atoms with Gasteiger partial charge in [-0.05, 0) is 25.8 Å². The van der Waals surface area contributed by atoms with Crippen molar-refractivity contribution in [2.75, 3.05) is 17.3 Å². The number of halogens is 1. The zero-order valence-electron chi connectivity index (χ0n) is 14.7. The summed E-state index contributed by atoms with van der Waals surface area (Å²) in [5.74, 6) is -2.64. The summed E-state index contributed by atoms with van der Waals surface area (Å²) >= 11 is 0. The van der Waals surface area contributed by atoms with Crippen molar-refractivity contribution < 1.29 is 24.2 Å². The maximum atomic E-state index is 15.5. The lowest BCUT2D eigenvalue weighted by molar-refractivity contribution is -0.119. The molecule has 2 unspecified atom stereocenters. The van der Waals surface area contributed by atoms with Gasteiger partial charge in [0, 0.05) is 19.3 Å². The van der Waals surface area contributed by atoms with E-state index in [-0.39, 0.29) is 28.3 Å².